The number of aryl methyl sites for hydroxylation is 1. The zero-order valence-corrected chi connectivity index (χ0v) is 10.5. The SMILES string of the molecule is Cc1cnc(Sc2ccnc(N)c2C)c(N)n1. The molecule has 0 saturated carbocycles. The van der Waals surface area contributed by atoms with Gasteiger partial charge >= 0.3 is 0 Å². The van der Waals surface area contributed by atoms with Crippen molar-refractivity contribution in [3.8, 4) is 0 Å². The Hall–Kier alpha value is -1.82. The lowest BCUT2D eigenvalue weighted by Crippen LogP contribution is -1.99. The summed E-state index contributed by atoms with van der Waals surface area (Å²) in [4.78, 5) is 13.4. The lowest BCUT2D eigenvalue weighted by atomic mass is 10.3. The molecule has 6 heteroatoms. The van der Waals surface area contributed by atoms with Crippen LogP contribution in [-0.2, 0) is 0 Å². The van der Waals surface area contributed by atoms with Crippen LogP contribution >= 0.6 is 11.8 Å². The van der Waals surface area contributed by atoms with Crippen molar-refractivity contribution in [3.05, 3.63) is 29.7 Å². The Bertz CT molecular complexity index is 556. The van der Waals surface area contributed by atoms with Crippen molar-refractivity contribution in [2.45, 2.75) is 23.8 Å². The van der Waals surface area contributed by atoms with Crippen molar-refractivity contribution in [2.24, 2.45) is 0 Å². The van der Waals surface area contributed by atoms with Crippen LogP contribution in [0.3, 0.4) is 0 Å². The van der Waals surface area contributed by atoms with E-state index in [1.54, 1.807) is 12.4 Å². The minimum Gasteiger partial charge on any atom is -0.383 e. The summed E-state index contributed by atoms with van der Waals surface area (Å²) in [6.45, 7) is 3.77. The first-order valence-corrected chi connectivity index (χ1v) is 5.87. The van der Waals surface area contributed by atoms with E-state index < -0.39 is 0 Å². The molecular formula is C11H13N5S. The Morgan fingerprint density at radius 1 is 1.12 bits per heavy atom. The van der Waals surface area contributed by atoms with Crippen molar-refractivity contribution >= 4 is 23.4 Å². The molecule has 0 unspecified atom stereocenters. The Balaban J connectivity index is 2.35. The van der Waals surface area contributed by atoms with Gasteiger partial charge in [0, 0.05) is 22.9 Å². The fraction of sp³-hybridized carbons (Fsp3) is 0.182. The van der Waals surface area contributed by atoms with Gasteiger partial charge in [0.05, 0.1) is 5.69 Å². The average Bonchev–Trinajstić information content (AvgIpc) is 2.28. The summed E-state index contributed by atoms with van der Waals surface area (Å²) in [5.74, 6) is 0.957. The number of pyridine rings is 1. The monoisotopic (exact) mass is 247 g/mol. The molecule has 0 aliphatic carbocycles. The number of nitrogen functional groups attached to an aromatic ring is 2. The molecule has 0 aliphatic rings. The van der Waals surface area contributed by atoms with E-state index in [1.165, 1.54) is 11.8 Å². The van der Waals surface area contributed by atoms with Crippen LogP contribution in [0.5, 0.6) is 0 Å². The highest BCUT2D eigenvalue weighted by Gasteiger charge is 2.09. The molecule has 2 aromatic rings. The first kappa shape index (κ1) is 11.7. The summed E-state index contributed by atoms with van der Waals surface area (Å²) in [7, 11) is 0. The summed E-state index contributed by atoms with van der Waals surface area (Å²) in [6, 6.07) is 1.89. The van der Waals surface area contributed by atoms with Crippen molar-refractivity contribution in [3.63, 3.8) is 0 Å². The second-order valence-corrected chi connectivity index (χ2v) is 4.65. The maximum absolute atomic E-state index is 5.82. The third-order valence-electron chi connectivity index (χ3n) is 2.28. The molecule has 0 radical (unpaired) electrons. The van der Waals surface area contributed by atoms with Gasteiger partial charge in [-0.1, -0.05) is 11.8 Å². The molecule has 0 spiro atoms. The van der Waals surface area contributed by atoms with Gasteiger partial charge in [0.15, 0.2) is 5.82 Å². The van der Waals surface area contributed by atoms with E-state index in [2.05, 4.69) is 15.0 Å². The number of anilines is 2. The van der Waals surface area contributed by atoms with Crippen LogP contribution in [0.25, 0.3) is 0 Å². The van der Waals surface area contributed by atoms with E-state index in [4.69, 9.17) is 11.5 Å². The van der Waals surface area contributed by atoms with Gasteiger partial charge in [-0.05, 0) is 19.9 Å². The lowest BCUT2D eigenvalue weighted by molar-refractivity contribution is 1.02. The number of nitrogens with zero attached hydrogens (tertiary/aromatic N) is 3. The molecule has 4 N–H and O–H groups in total. The van der Waals surface area contributed by atoms with Crippen LogP contribution in [-0.4, -0.2) is 15.0 Å². The van der Waals surface area contributed by atoms with Gasteiger partial charge in [-0.25, -0.2) is 15.0 Å². The molecule has 17 heavy (non-hydrogen) atoms. The molecule has 0 aliphatic heterocycles. The molecule has 0 atom stereocenters. The molecule has 88 valence electrons. The van der Waals surface area contributed by atoms with E-state index in [1.807, 2.05) is 19.9 Å². The predicted octanol–water partition coefficient (Wildman–Crippen LogP) is 1.80. The van der Waals surface area contributed by atoms with E-state index in [0.29, 0.717) is 16.7 Å². The second-order valence-electron chi connectivity index (χ2n) is 3.62. The summed E-state index contributed by atoms with van der Waals surface area (Å²) in [5, 5.41) is 0.685. The number of rotatable bonds is 2. The van der Waals surface area contributed by atoms with Gasteiger partial charge in [0.2, 0.25) is 0 Å². The fourth-order valence-electron chi connectivity index (χ4n) is 1.31. The number of nitrogens with two attached hydrogens (primary N) is 2. The molecule has 0 fully saturated rings. The molecule has 2 rings (SSSR count). The Kier molecular flexibility index (Phi) is 3.14. The minimum atomic E-state index is 0.435. The van der Waals surface area contributed by atoms with Crippen LogP contribution < -0.4 is 11.5 Å². The normalized spacial score (nSPS) is 10.5. The molecule has 0 amide bonds. The van der Waals surface area contributed by atoms with Crippen LogP contribution in [0.1, 0.15) is 11.3 Å². The summed E-state index contributed by atoms with van der Waals surface area (Å²) in [5.41, 5.74) is 13.3. The zero-order valence-electron chi connectivity index (χ0n) is 9.64. The van der Waals surface area contributed by atoms with Crippen molar-refractivity contribution in [1.29, 1.82) is 0 Å². The summed E-state index contributed by atoms with van der Waals surface area (Å²) >= 11 is 1.45. The lowest BCUT2D eigenvalue weighted by Gasteiger charge is -2.07. The first-order valence-electron chi connectivity index (χ1n) is 5.06. The van der Waals surface area contributed by atoms with Gasteiger partial charge in [-0.2, -0.15) is 0 Å². The Morgan fingerprint density at radius 2 is 1.88 bits per heavy atom. The Morgan fingerprint density at radius 3 is 2.59 bits per heavy atom. The van der Waals surface area contributed by atoms with Crippen molar-refractivity contribution < 1.29 is 0 Å². The van der Waals surface area contributed by atoms with Crippen LogP contribution in [0.4, 0.5) is 11.6 Å². The second kappa shape index (κ2) is 4.58. The van der Waals surface area contributed by atoms with Gasteiger partial charge in [-0.3, -0.25) is 0 Å². The maximum atomic E-state index is 5.82. The van der Waals surface area contributed by atoms with Gasteiger partial charge in [-0.15, -0.1) is 0 Å². The molecule has 0 saturated heterocycles. The first-order chi connectivity index (χ1) is 8.08. The Labute approximate surface area is 104 Å². The standard InChI is InChI=1S/C11H13N5S/c1-6-5-15-11(10(13)16-6)17-8-3-4-14-9(12)7(8)2/h3-5H,1-2H3,(H2,12,14)(H2,13,16). The topological polar surface area (TPSA) is 90.7 Å². The number of aromatic nitrogens is 3. The molecule has 0 aromatic carbocycles. The fourth-order valence-corrected chi connectivity index (χ4v) is 2.16. The van der Waals surface area contributed by atoms with Crippen LogP contribution in [0.15, 0.2) is 28.4 Å². The highest BCUT2D eigenvalue weighted by atomic mass is 32.2. The zero-order chi connectivity index (χ0) is 12.4. The minimum absolute atomic E-state index is 0.435. The predicted molar refractivity (Wildman–Crippen MR) is 68.7 cm³/mol. The van der Waals surface area contributed by atoms with Crippen molar-refractivity contribution in [2.75, 3.05) is 11.5 Å². The van der Waals surface area contributed by atoms with E-state index in [-0.39, 0.29) is 0 Å². The largest absolute Gasteiger partial charge is 0.383 e. The summed E-state index contributed by atoms with van der Waals surface area (Å²) in [6.07, 6.45) is 3.36. The molecule has 2 heterocycles. The van der Waals surface area contributed by atoms with Gasteiger partial charge in [0.25, 0.3) is 0 Å². The number of hydrogen-bond acceptors (Lipinski definition) is 6. The number of hydrogen-bond donors (Lipinski definition) is 2. The summed E-state index contributed by atoms with van der Waals surface area (Å²) < 4.78 is 0. The third kappa shape index (κ3) is 2.47. The van der Waals surface area contributed by atoms with E-state index in [9.17, 15) is 0 Å². The average molecular weight is 247 g/mol. The van der Waals surface area contributed by atoms with Gasteiger partial charge < -0.3 is 11.5 Å². The highest BCUT2D eigenvalue weighted by molar-refractivity contribution is 7.99. The third-order valence-corrected chi connectivity index (χ3v) is 3.45. The smallest absolute Gasteiger partial charge is 0.156 e. The quantitative estimate of drug-likeness (QED) is 0.841. The van der Waals surface area contributed by atoms with Crippen molar-refractivity contribution in [1.82, 2.24) is 15.0 Å². The van der Waals surface area contributed by atoms with E-state index >= 15 is 0 Å². The van der Waals surface area contributed by atoms with E-state index in [0.717, 1.165) is 16.2 Å². The molecule has 2 aromatic heterocycles. The molecule has 0 bridgehead atoms. The molecular weight excluding hydrogens is 234 g/mol. The molecule has 5 nitrogen and oxygen atoms in total. The highest BCUT2D eigenvalue weighted by Crippen LogP contribution is 2.32. The maximum Gasteiger partial charge on any atom is 0.156 e. The van der Waals surface area contributed by atoms with Crippen LogP contribution in [0, 0.1) is 13.8 Å². The van der Waals surface area contributed by atoms with Gasteiger partial charge in [0.1, 0.15) is 10.8 Å². The van der Waals surface area contributed by atoms with Crippen LogP contribution in [0.2, 0.25) is 0 Å².